The Kier molecular flexibility index (Phi) is 3.38. The number of benzene rings is 1. The van der Waals surface area contributed by atoms with Crippen molar-refractivity contribution in [1.29, 1.82) is 0 Å². The quantitative estimate of drug-likeness (QED) is 0.553. The van der Waals surface area contributed by atoms with Crippen molar-refractivity contribution in [3.63, 3.8) is 0 Å². The largest absolute Gasteiger partial charge is 0.507 e. The van der Waals surface area contributed by atoms with Crippen LogP contribution in [0.2, 0.25) is 0 Å². The van der Waals surface area contributed by atoms with E-state index in [1.54, 1.807) is 12.1 Å². The Labute approximate surface area is 106 Å². The molecule has 18 heavy (non-hydrogen) atoms. The number of nitro groups is 1. The van der Waals surface area contributed by atoms with E-state index in [9.17, 15) is 20.0 Å². The lowest BCUT2D eigenvalue weighted by Crippen LogP contribution is -2.38. The molecule has 0 fully saturated rings. The summed E-state index contributed by atoms with van der Waals surface area (Å²) in [6.45, 7) is 0. The van der Waals surface area contributed by atoms with E-state index >= 15 is 0 Å². The fourth-order valence-corrected chi connectivity index (χ4v) is 2.13. The van der Waals surface area contributed by atoms with Crippen LogP contribution in [0.4, 0.5) is 0 Å². The van der Waals surface area contributed by atoms with Crippen molar-refractivity contribution in [2.24, 2.45) is 0 Å². The molecular weight excluding hydrogens is 258 g/mol. The number of carbonyl (C=O) groups excluding carboxylic acids is 1. The minimum atomic E-state index is -0.613. The van der Waals surface area contributed by atoms with Crippen LogP contribution in [0.25, 0.3) is 0 Å². The lowest BCUT2D eigenvalue weighted by molar-refractivity contribution is -0.410. The van der Waals surface area contributed by atoms with Gasteiger partial charge in [-0.1, -0.05) is 12.1 Å². The number of nitrogens with one attached hydrogen (secondary N) is 2. The lowest BCUT2D eigenvalue weighted by Gasteiger charge is -2.12. The van der Waals surface area contributed by atoms with Crippen LogP contribution in [-0.4, -0.2) is 21.4 Å². The molecule has 8 heteroatoms. The zero-order valence-electron chi connectivity index (χ0n) is 8.99. The first-order chi connectivity index (χ1) is 8.58. The minimum Gasteiger partial charge on any atom is -0.507 e. The topological polar surface area (TPSA) is 104 Å². The molecule has 0 radical (unpaired) electrons. The Bertz CT molecular complexity index is 532. The van der Waals surface area contributed by atoms with Gasteiger partial charge in [0.1, 0.15) is 5.75 Å². The van der Waals surface area contributed by atoms with Crippen LogP contribution in [0.5, 0.6) is 5.75 Å². The van der Waals surface area contributed by atoms with E-state index in [1.165, 1.54) is 18.3 Å². The predicted molar refractivity (Wildman–Crippen MR) is 65.2 cm³/mol. The third-order valence-corrected chi connectivity index (χ3v) is 3.19. The molecule has 1 amide bonds. The number of phenolic OH excluding ortho intramolecular Hbond substituents is 1. The van der Waals surface area contributed by atoms with Gasteiger partial charge in [0.15, 0.2) is 5.50 Å². The first-order valence-corrected chi connectivity index (χ1v) is 5.82. The Morgan fingerprint density at radius 2 is 2.22 bits per heavy atom. The van der Waals surface area contributed by atoms with Crippen molar-refractivity contribution in [3.8, 4) is 5.75 Å². The van der Waals surface area contributed by atoms with Crippen molar-refractivity contribution in [2.45, 2.75) is 5.50 Å². The molecule has 1 heterocycles. The normalized spacial score (nSPS) is 17.8. The molecule has 1 aliphatic heterocycles. The van der Waals surface area contributed by atoms with E-state index in [-0.39, 0.29) is 16.3 Å². The summed E-state index contributed by atoms with van der Waals surface area (Å²) in [5, 5.41) is 25.1. The Hall–Kier alpha value is -2.22. The van der Waals surface area contributed by atoms with Gasteiger partial charge in [-0.2, -0.15) is 0 Å². The summed E-state index contributed by atoms with van der Waals surface area (Å²) >= 11 is 0.885. The lowest BCUT2D eigenvalue weighted by atomic mass is 10.2. The van der Waals surface area contributed by atoms with Crippen LogP contribution in [-0.2, 0) is 0 Å². The second kappa shape index (κ2) is 4.96. The van der Waals surface area contributed by atoms with Crippen molar-refractivity contribution >= 4 is 17.7 Å². The molecule has 0 bridgehead atoms. The van der Waals surface area contributed by atoms with Crippen molar-refractivity contribution in [3.05, 3.63) is 51.2 Å². The molecule has 1 atom stereocenters. The smallest absolute Gasteiger partial charge is 0.322 e. The monoisotopic (exact) mass is 267 g/mol. The van der Waals surface area contributed by atoms with E-state index in [0.29, 0.717) is 0 Å². The third-order valence-electron chi connectivity index (χ3n) is 2.19. The third kappa shape index (κ3) is 2.54. The number of thioether (sulfide) groups is 1. The van der Waals surface area contributed by atoms with Gasteiger partial charge in [-0.25, -0.2) is 0 Å². The molecule has 1 unspecified atom stereocenters. The van der Waals surface area contributed by atoms with Gasteiger partial charge in [-0.05, 0) is 23.9 Å². The number of phenols is 1. The van der Waals surface area contributed by atoms with Gasteiger partial charge in [0.2, 0.25) is 0 Å². The molecular formula is C10H9N3O4S. The number of hydrogen-bond donors (Lipinski definition) is 3. The van der Waals surface area contributed by atoms with E-state index in [1.807, 2.05) is 0 Å². The molecule has 1 aliphatic rings. The van der Waals surface area contributed by atoms with Crippen molar-refractivity contribution in [2.75, 3.05) is 0 Å². The molecule has 0 aromatic heterocycles. The zero-order valence-corrected chi connectivity index (χ0v) is 9.81. The van der Waals surface area contributed by atoms with Crippen LogP contribution in [0.1, 0.15) is 10.4 Å². The van der Waals surface area contributed by atoms with E-state index in [0.717, 1.165) is 11.8 Å². The molecule has 94 valence electrons. The average molecular weight is 267 g/mol. The molecule has 1 aromatic rings. The summed E-state index contributed by atoms with van der Waals surface area (Å²) < 4.78 is 0. The maximum Gasteiger partial charge on any atom is 0.322 e. The maximum atomic E-state index is 11.8. The van der Waals surface area contributed by atoms with Crippen LogP contribution in [0.3, 0.4) is 0 Å². The molecule has 3 N–H and O–H groups in total. The Morgan fingerprint density at radius 3 is 2.83 bits per heavy atom. The first kappa shape index (κ1) is 12.2. The van der Waals surface area contributed by atoms with Crippen LogP contribution < -0.4 is 10.6 Å². The Balaban J connectivity index is 1.99. The van der Waals surface area contributed by atoms with Crippen molar-refractivity contribution in [1.82, 2.24) is 10.6 Å². The number of carbonyl (C=O) groups is 1. The highest BCUT2D eigenvalue weighted by Crippen LogP contribution is 2.24. The van der Waals surface area contributed by atoms with E-state index in [2.05, 4.69) is 10.6 Å². The van der Waals surface area contributed by atoms with E-state index in [4.69, 9.17) is 0 Å². The van der Waals surface area contributed by atoms with Gasteiger partial charge in [0.05, 0.1) is 16.7 Å². The highest BCUT2D eigenvalue weighted by Gasteiger charge is 2.27. The number of amides is 1. The van der Waals surface area contributed by atoms with Crippen LogP contribution in [0.15, 0.2) is 35.5 Å². The van der Waals surface area contributed by atoms with E-state index < -0.39 is 16.3 Å². The van der Waals surface area contributed by atoms with Crippen molar-refractivity contribution < 1.29 is 14.8 Å². The highest BCUT2D eigenvalue weighted by atomic mass is 32.2. The summed E-state index contributed by atoms with van der Waals surface area (Å²) in [5.74, 6) is -0.642. The standard InChI is InChI=1S/C10H9N3O4S/c14-7-4-2-1-3-6(7)9(15)12-10-11-5-8(18-10)13(16)17/h1-5,10-11,14H,(H,12,15). The number of hydrogen-bond acceptors (Lipinski definition) is 6. The summed E-state index contributed by atoms with van der Waals surface area (Å²) in [5.41, 5.74) is -0.494. The number of nitrogens with zero attached hydrogens (tertiary/aromatic N) is 1. The molecule has 2 rings (SSSR count). The van der Waals surface area contributed by atoms with Gasteiger partial charge in [0.25, 0.3) is 5.91 Å². The highest BCUT2D eigenvalue weighted by molar-refractivity contribution is 8.03. The zero-order chi connectivity index (χ0) is 13.1. The summed E-state index contributed by atoms with van der Waals surface area (Å²) in [6.07, 6.45) is 1.22. The summed E-state index contributed by atoms with van der Waals surface area (Å²) in [6, 6.07) is 6.07. The maximum absolute atomic E-state index is 11.8. The van der Waals surface area contributed by atoms with Crippen LogP contribution in [0, 0.1) is 10.1 Å². The summed E-state index contributed by atoms with van der Waals surface area (Å²) in [7, 11) is 0. The fourth-order valence-electron chi connectivity index (χ4n) is 1.37. The fraction of sp³-hybridized carbons (Fsp3) is 0.100. The van der Waals surface area contributed by atoms with Gasteiger partial charge >= 0.3 is 5.03 Å². The number of para-hydroxylation sites is 1. The Morgan fingerprint density at radius 1 is 1.50 bits per heavy atom. The molecule has 7 nitrogen and oxygen atoms in total. The van der Waals surface area contributed by atoms with Gasteiger partial charge in [-0.15, -0.1) is 0 Å². The molecule has 1 aromatic carbocycles. The SMILES string of the molecule is O=C(NC1NC=C([N+](=O)[O-])S1)c1ccccc1O. The van der Waals surface area contributed by atoms with Crippen LogP contribution >= 0.6 is 11.8 Å². The second-order valence-electron chi connectivity index (χ2n) is 3.39. The minimum absolute atomic E-state index is 0.0717. The number of aromatic hydroxyl groups is 1. The molecule has 0 saturated carbocycles. The predicted octanol–water partition coefficient (Wildman–Crippen LogP) is 0.818. The first-order valence-electron chi connectivity index (χ1n) is 4.94. The number of rotatable bonds is 3. The average Bonchev–Trinajstić information content (AvgIpc) is 2.78. The second-order valence-corrected chi connectivity index (χ2v) is 4.52. The molecule has 0 aliphatic carbocycles. The van der Waals surface area contributed by atoms with Gasteiger partial charge in [-0.3, -0.25) is 14.9 Å². The molecule has 0 saturated heterocycles. The molecule has 0 spiro atoms. The van der Waals surface area contributed by atoms with Gasteiger partial charge < -0.3 is 15.7 Å². The van der Waals surface area contributed by atoms with Gasteiger partial charge in [0, 0.05) is 0 Å². The summed E-state index contributed by atoms with van der Waals surface area (Å²) in [4.78, 5) is 21.7.